The van der Waals surface area contributed by atoms with Crippen LogP contribution in [0.15, 0.2) is 23.1 Å². The molecule has 27 heavy (non-hydrogen) atoms. The molecule has 152 valence electrons. The summed E-state index contributed by atoms with van der Waals surface area (Å²) >= 11 is 1.15. The number of hydrogen-bond donors (Lipinski definition) is 2. The zero-order valence-electron chi connectivity index (χ0n) is 14.4. The number of hydrogen-bond acceptors (Lipinski definition) is 6. The van der Waals surface area contributed by atoms with Crippen molar-refractivity contribution in [3.05, 3.63) is 33.9 Å². The number of nitro benzene ring substituents is 1. The van der Waals surface area contributed by atoms with Crippen LogP contribution in [-0.4, -0.2) is 66.9 Å². The van der Waals surface area contributed by atoms with Crippen LogP contribution in [0, 0.1) is 10.1 Å². The van der Waals surface area contributed by atoms with Crippen LogP contribution >= 0.6 is 24.2 Å². The van der Waals surface area contributed by atoms with Crippen molar-refractivity contribution in [3.8, 4) is 0 Å². The smallest absolute Gasteiger partial charge is 0.350 e. The monoisotopic (exact) mass is 428 g/mol. The zero-order chi connectivity index (χ0) is 19.3. The maximum Gasteiger partial charge on any atom is 0.405 e. The van der Waals surface area contributed by atoms with Crippen molar-refractivity contribution in [1.29, 1.82) is 0 Å². The number of carbonyl (C=O) groups excluding carboxylic acids is 1. The van der Waals surface area contributed by atoms with E-state index in [4.69, 9.17) is 0 Å². The summed E-state index contributed by atoms with van der Waals surface area (Å²) in [6.07, 6.45) is -2.83. The Labute approximate surface area is 164 Å². The van der Waals surface area contributed by atoms with Crippen molar-refractivity contribution in [2.75, 3.05) is 39.0 Å². The van der Waals surface area contributed by atoms with Gasteiger partial charge in [-0.1, -0.05) is 0 Å². The third-order valence-corrected chi connectivity index (χ3v) is 4.85. The Kier molecular flexibility index (Phi) is 8.79. The van der Waals surface area contributed by atoms with E-state index in [1.165, 1.54) is 17.0 Å². The van der Waals surface area contributed by atoms with Gasteiger partial charge in [0.1, 0.15) is 6.04 Å². The molecule has 0 radical (unpaired) electrons. The van der Waals surface area contributed by atoms with Crippen LogP contribution in [0.3, 0.4) is 0 Å². The number of piperazine rings is 1. The van der Waals surface area contributed by atoms with Gasteiger partial charge < -0.3 is 10.6 Å². The van der Waals surface area contributed by atoms with Crippen molar-refractivity contribution in [2.24, 2.45) is 0 Å². The molecule has 0 aromatic heterocycles. The Morgan fingerprint density at radius 3 is 2.56 bits per heavy atom. The minimum Gasteiger partial charge on any atom is -0.350 e. The highest BCUT2D eigenvalue weighted by atomic mass is 35.5. The van der Waals surface area contributed by atoms with Crippen LogP contribution in [0.25, 0.3) is 0 Å². The maximum absolute atomic E-state index is 13.3. The van der Waals surface area contributed by atoms with Gasteiger partial charge in [-0.15, -0.1) is 24.2 Å². The molecule has 1 amide bonds. The van der Waals surface area contributed by atoms with Gasteiger partial charge in [0.25, 0.3) is 11.6 Å². The lowest BCUT2D eigenvalue weighted by Crippen LogP contribution is -2.57. The molecule has 7 nitrogen and oxygen atoms in total. The van der Waals surface area contributed by atoms with Crippen molar-refractivity contribution in [3.63, 3.8) is 0 Å². The van der Waals surface area contributed by atoms with E-state index in [1.54, 1.807) is 6.26 Å². The average Bonchev–Trinajstić information content (AvgIpc) is 2.60. The molecule has 1 atom stereocenters. The third-order valence-electron chi connectivity index (χ3n) is 4.06. The normalized spacial score (nSPS) is 16.3. The molecule has 1 heterocycles. The number of benzene rings is 1. The molecule has 1 fully saturated rings. The highest BCUT2D eigenvalue weighted by molar-refractivity contribution is 7.98. The molecule has 1 saturated heterocycles. The molecule has 1 aromatic carbocycles. The minimum absolute atomic E-state index is 0. The van der Waals surface area contributed by atoms with E-state index in [9.17, 15) is 28.1 Å². The van der Waals surface area contributed by atoms with Gasteiger partial charge in [0.15, 0.2) is 0 Å². The van der Waals surface area contributed by atoms with Gasteiger partial charge in [0.2, 0.25) is 0 Å². The number of nitro groups is 1. The Balaban J connectivity index is 0.00000364. The molecule has 2 rings (SSSR count). The van der Waals surface area contributed by atoms with Crippen LogP contribution in [0.2, 0.25) is 0 Å². The first-order valence-corrected chi connectivity index (χ1v) is 9.08. The van der Waals surface area contributed by atoms with Gasteiger partial charge in [-0.25, -0.2) is 0 Å². The van der Waals surface area contributed by atoms with E-state index >= 15 is 0 Å². The predicted octanol–water partition coefficient (Wildman–Crippen LogP) is 2.30. The number of alkyl halides is 3. The summed E-state index contributed by atoms with van der Waals surface area (Å²) < 4.78 is 40.0. The van der Waals surface area contributed by atoms with Crippen LogP contribution in [-0.2, 0) is 0 Å². The molecule has 1 unspecified atom stereocenters. The number of nitrogens with zero attached hydrogens (tertiary/aromatic N) is 2. The lowest BCUT2D eigenvalue weighted by molar-refractivity contribution is -0.387. The molecule has 0 spiro atoms. The van der Waals surface area contributed by atoms with E-state index < -0.39 is 29.6 Å². The summed E-state index contributed by atoms with van der Waals surface area (Å²) in [5, 5.41) is 16.3. The topological polar surface area (TPSA) is 87.5 Å². The molecular weight excluding hydrogens is 409 g/mol. The third kappa shape index (κ3) is 6.23. The Bertz CT molecular complexity index is 672. The zero-order valence-corrected chi connectivity index (χ0v) is 16.0. The van der Waals surface area contributed by atoms with E-state index in [-0.39, 0.29) is 36.7 Å². The van der Waals surface area contributed by atoms with Crippen LogP contribution in [0.4, 0.5) is 18.9 Å². The summed E-state index contributed by atoms with van der Waals surface area (Å²) in [7, 11) is 0. The summed E-state index contributed by atoms with van der Waals surface area (Å²) in [5.41, 5.74) is -0.296. The second-order valence-corrected chi connectivity index (χ2v) is 6.55. The number of halogens is 4. The SMILES string of the molecule is CSc1ccc(C(=O)NCC(N2CCNCC2)C(F)(F)F)cc1[N+](=O)[O-].Cl. The first-order chi connectivity index (χ1) is 12.2. The summed E-state index contributed by atoms with van der Waals surface area (Å²) in [5.74, 6) is -0.773. The summed E-state index contributed by atoms with van der Waals surface area (Å²) in [6, 6.07) is 2.06. The fourth-order valence-corrected chi connectivity index (χ4v) is 3.26. The van der Waals surface area contributed by atoms with Crippen molar-refractivity contribution >= 4 is 35.8 Å². The first kappa shape index (κ1) is 23.5. The van der Waals surface area contributed by atoms with Gasteiger partial charge >= 0.3 is 6.18 Å². The van der Waals surface area contributed by atoms with Crippen molar-refractivity contribution in [2.45, 2.75) is 17.1 Å². The molecule has 1 aromatic rings. The van der Waals surface area contributed by atoms with Crippen LogP contribution in [0.1, 0.15) is 10.4 Å². The second-order valence-electron chi connectivity index (χ2n) is 5.70. The standard InChI is InChI=1S/C15H19F3N4O3S.ClH/c1-26-12-3-2-10(8-11(12)22(24)25)14(23)20-9-13(15(16,17)18)21-6-4-19-5-7-21;/h2-3,8,13,19H,4-7,9H2,1H3,(H,20,23);1H. The molecule has 1 aliphatic heterocycles. The highest BCUT2D eigenvalue weighted by Crippen LogP contribution is 2.28. The van der Waals surface area contributed by atoms with E-state index in [0.717, 1.165) is 17.8 Å². The lowest BCUT2D eigenvalue weighted by Gasteiger charge is -2.35. The minimum atomic E-state index is -4.49. The number of amides is 1. The predicted molar refractivity (Wildman–Crippen MR) is 98.7 cm³/mol. The first-order valence-electron chi connectivity index (χ1n) is 7.86. The highest BCUT2D eigenvalue weighted by Gasteiger charge is 2.43. The molecule has 0 aliphatic carbocycles. The van der Waals surface area contributed by atoms with Gasteiger partial charge in [0, 0.05) is 44.4 Å². The molecule has 0 saturated carbocycles. The van der Waals surface area contributed by atoms with E-state index in [1.807, 2.05) is 0 Å². The van der Waals surface area contributed by atoms with Crippen molar-refractivity contribution in [1.82, 2.24) is 15.5 Å². The van der Waals surface area contributed by atoms with Gasteiger partial charge in [-0.05, 0) is 18.4 Å². The fourth-order valence-electron chi connectivity index (χ4n) is 2.71. The van der Waals surface area contributed by atoms with Gasteiger partial charge in [-0.2, -0.15) is 13.2 Å². The largest absolute Gasteiger partial charge is 0.405 e. The Hall–Kier alpha value is -1.56. The van der Waals surface area contributed by atoms with Crippen LogP contribution in [0.5, 0.6) is 0 Å². The average molecular weight is 429 g/mol. The molecule has 0 bridgehead atoms. The van der Waals surface area contributed by atoms with Crippen LogP contribution < -0.4 is 10.6 Å². The van der Waals surface area contributed by atoms with E-state index in [2.05, 4.69) is 10.6 Å². The molecular formula is C15H20ClF3N4O3S. The van der Waals surface area contributed by atoms with E-state index in [0.29, 0.717) is 18.0 Å². The number of thioether (sulfide) groups is 1. The lowest BCUT2D eigenvalue weighted by atomic mass is 10.1. The fraction of sp³-hybridized carbons (Fsp3) is 0.533. The quantitative estimate of drug-likeness (QED) is 0.411. The summed E-state index contributed by atoms with van der Waals surface area (Å²) in [4.78, 5) is 24.3. The summed E-state index contributed by atoms with van der Waals surface area (Å²) in [6.45, 7) is 0.744. The number of rotatable bonds is 6. The van der Waals surface area contributed by atoms with Gasteiger partial charge in [-0.3, -0.25) is 19.8 Å². The maximum atomic E-state index is 13.3. The molecule has 1 aliphatic rings. The number of carbonyl (C=O) groups is 1. The number of nitrogens with one attached hydrogen (secondary N) is 2. The second kappa shape index (κ2) is 10.1. The van der Waals surface area contributed by atoms with Gasteiger partial charge in [0.05, 0.1) is 9.82 Å². The molecule has 2 N–H and O–H groups in total. The molecule has 12 heteroatoms. The Morgan fingerprint density at radius 1 is 1.41 bits per heavy atom. The van der Waals surface area contributed by atoms with Crippen molar-refractivity contribution < 1.29 is 22.9 Å². The Morgan fingerprint density at radius 2 is 2.04 bits per heavy atom.